The molecular formula is C23H30N2O6S2. The van der Waals surface area contributed by atoms with Crippen molar-refractivity contribution in [3.8, 4) is 5.75 Å². The summed E-state index contributed by atoms with van der Waals surface area (Å²) in [6, 6.07) is 6.04. The molecule has 1 N–H and O–H groups in total. The van der Waals surface area contributed by atoms with Crippen LogP contribution in [0.15, 0.2) is 29.2 Å². The van der Waals surface area contributed by atoms with Crippen molar-refractivity contribution in [1.82, 2.24) is 4.31 Å². The zero-order chi connectivity index (χ0) is 24.0. The van der Waals surface area contributed by atoms with Crippen molar-refractivity contribution in [1.29, 1.82) is 0 Å². The molecule has 0 bridgehead atoms. The number of rotatable bonds is 8. The number of carbonyl (C=O) groups excluding carboxylic acids is 2. The molecule has 33 heavy (non-hydrogen) atoms. The Morgan fingerprint density at radius 3 is 2.39 bits per heavy atom. The van der Waals surface area contributed by atoms with Gasteiger partial charge in [0.1, 0.15) is 15.6 Å². The smallest absolute Gasteiger partial charge is 0.341 e. The molecule has 180 valence electrons. The predicted molar refractivity (Wildman–Crippen MR) is 128 cm³/mol. The zero-order valence-electron chi connectivity index (χ0n) is 19.2. The van der Waals surface area contributed by atoms with Crippen molar-refractivity contribution in [3.05, 3.63) is 40.3 Å². The van der Waals surface area contributed by atoms with Gasteiger partial charge in [-0.3, -0.25) is 4.79 Å². The third-order valence-electron chi connectivity index (χ3n) is 5.46. The van der Waals surface area contributed by atoms with E-state index >= 15 is 0 Å². The van der Waals surface area contributed by atoms with E-state index in [1.54, 1.807) is 13.0 Å². The summed E-state index contributed by atoms with van der Waals surface area (Å²) >= 11 is 1.30. The quantitative estimate of drug-likeness (QED) is 0.549. The Morgan fingerprint density at radius 2 is 1.79 bits per heavy atom. The van der Waals surface area contributed by atoms with Gasteiger partial charge in [-0.15, -0.1) is 11.3 Å². The van der Waals surface area contributed by atoms with Crippen molar-refractivity contribution < 1.29 is 27.5 Å². The zero-order valence-corrected chi connectivity index (χ0v) is 20.8. The molecule has 2 heterocycles. The summed E-state index contributed by atoms with van der Waals surface area (Å²) in [5, 5.41) is 3.13. The van der Waals surface area contributed by atoms with Gasteiger partial charge in [0, 0.05) is 23.5 Å². The molecule has 1 aliphatic rings. The lowest BCUT2D eigenvalue weighted by Gasteiger charge is -2.21. The van der Waals surface area contributed by atoms with E-state index < -0.39 is 21.9 Å². The average molecular weight is 495 g/mol. The van der Waals surface area contributed by atoms with Crippen LogP contribution in [0.2, 0.25) is 0 Å². The van der Waals surface area contributed by atoms with Crippen LogP contribution in [-0.4, -0.2) is 51.4 Å². The molecule has 1 aliphatic heterocycles. The van der Waals surface area contributed by atoms with Crippen LogP contribution in [0, 0.1) is 0 Å². The van der Waals surface area contributed by atoms with Crippen LogP contribution < -0.4 is 10.1 Å². The summed E-state index contributed by atoms with van der Waals surface area (Å²) in [5.74, 6) is -0.838. The number of nitrogens with zero attached hydrogens (tertiary/aromatic N) is 1. The average Bonchev–Trinajstić information content (AvgIpc) is 3.01. The highest BCUT2D eigenvalue weighted by atomic mass is 32.2. The second-order valence-corrected chi connectivity index (χ2v) is 10.7. The maximum Gasteiger partial charge on any atom is 0.341 e. The SMILES string of the molecule is CCOC(=O)c1cc(CC)sc1NC(=O)c1ccc(OC)c(S(=O)(=O)N2CCCCCC2)c1. The first-order chi connectivity index (χ1) is 15.8. The van der Waals surface area contributed by atoms with E-state index in [0.717, 1.165) is 30.6 Å². The number of carbonyl (C=O) groups is 2. The maximum atomic E-state index is 13.4. The van der Waals surface area contributed by atoms with E-state index in [1.165, 1.54) is 41.0 Å². The largest absolute Gasteiger partial charge is 0.495 e. The van der Waals surface area contributed by atoms with Crippen LogP contribution in [0.3, 0.4) is 0 Å². The number of amides is 1. The van der Waals surface area contributed by atoms with Crippen molar-refractivity contribution in [3.63, 3.8) is 0 Å². The topological polar surface area (TPSA) is 102 Å². The highest BCUT2D eigenvalue weighted by Gasteiger charge is 2.29. The summed E-state index contributed by atoms with van der Waals surface area (Å²) in [7, 11) is -2.43. The highest BCUT2D eigenvalue weighted by molar-refractivity contribution is 7.89. The number of benzene rings is 1. The number of hydrogen-bond donors (Lipinski definition) is 1. The lowest BCUT2D eigenvalue weighted by molar-refractivity contribution is 0.0528. The Balaban J connectivity index is 1.93. The second kappa shape index (κ2) is 11.1. The summed E-state index contributed by atoms with van der Waals surface area (Å²) in [4.78, 5) is 26.3. The van der Waals surface area contributed by atoms with Crippen molar-refractivity contribution in [2.75, 3.05) is 32.1 Å². The van der Waals surface area contributed by atoms with Crippen LogP contribution >= 0.6 is 11.3 Å². The van der Waals surface area contributed by atoms with Gasteiger partial charge in [-0.25, -0.2) is 13.2 Å². The van der Waals surface area contributed by atoms with Crippen LogP contribution in [0.5, 0.6) is 5.75 Å². The van der Waals surface area contributed by atoms with Crippen LogP contribution in [0.25, 0.3) is 0 Å². The number of esters is 1. The Morgan fingerprint density at radius 1 is 1.09 bits per heavy atom. The predicted octanol–water partition coefficient (Wildman–Crippen LogP) is 4.31. The molecule has 8 nitrogen and oxygen atoms in total. The molecule has 0 unspecified atom stereocenters. The van der Waals surface area contributed by atoms with Crippen LogP contribution in [-0.2, 0) is 21.2 Å². The molecule has 0 spiro atoms. The van der Waals surface area contributed by atoms with E-state index in [-0.39, 0.29) is 28.4 Å². The number of thiophene rings is 1. The number of anilines is 1. The van der Waals surface area contributed by atoms with Gasteiger partial charge in [0.25, 0.3) is 5.91 Å². The fourth-order valence-corrected chi connectivity index (χ4v) is 6.36. The third-order valence-corrected chi connectivity index (χ3v) is 8.58. The summed E-state index contributed by atoms with van der Waals surface area (Å²) in [6.07, 6.45) is 4.30. The van der Waals surface area contributed by atoms with E-state index in [1.807, 2.05) is 6.92 Å². The van der Waals surface area contributed by atoms with Gasteiger partial charge in [-0.05, 0) is 50.5 Å². The van der Waals surface area contributed by atoms with Gasteiger partial charge in [0.2, 0.25) is 10.0 Å². The van der Waals surface area contributed by atoms with Gasteiger partial charge in [-0.1, -0.05) is 19.8 Å². The minimum absolute atomic E-state index is 0.0365. The normalized spacial score (nSPS) is 15.0. The number of ether oxygens (including phenoxy) is 2. The second-order valence-electron chi connectivity index (χ2n) is 7.67. The first kappa shape index (κ1) is 25.2. The van der Waals surface area contributed by atoms with E-state index in [9.17, 15) is 18.0 Å². The highest BCUT2D eigenvalue weighted by Crippen LogP contribution is 2.32. The van der Waals surface area contributed by atoms with Crippen molar-refractivity contribution >= 4 is 38.2 Å². The van der Waals surface area contributed by atoms with Crippen LogP contribution in [0.1, 0.15) is 65.1 Å². The molecule has 10 heteroatoms. The van der Waals surface area contributed by atoms with E-state index in [2.05, 4.69) is 5.32 Å². The summed E-state index contributed by atoms with van der Waals surface area (Å²) in [6.45, 7) is 4.78. The monoisotopic (exact) mass is 494 g/mol. The molecule has 2 aromatic rings. The maximum absolute atomic E-state index is 13.4. The van der Waals surface area contributed by atoms with E-state index in [4.69, 9.17) is 9.47 Å². The van der Waals surface area contributed by atoms with Crippen LogP contribution in [0.4, 0.5) is 5.00 Å². The molecule has 0 radical (unpaired) electrons. The molecule has 0 atom stereocenters. The molecule has 1 aromatic carbocycles. The Bertz CT molecular complexity index is 1100. The molecule has 0 aliphatic carbocycles. The van der Waals surface area contributed by atoms with Crippen molar-refractivity contribution in [2.45, 2.75) is 50.8 Å². The minimum atomic E-state index is -3.83. The van der Waals surface area contributed by atoms with Gasteiger partial charge < -0.3 is 14.8 Å². The first-order valence-corrected chi connectivity index (χ1v) is 13.4. The lowest BCUT2D eigenvalue weighted by Crippen LogP contribution is -2.32. The first-order valence-electron chi connectivity index (χ1n) is 11.1. The number of sulfonamides is 1. The van der Waals surface area contributed by atoms with E-state index in [0.29, 0.717) is 24.5 Å². The number of methoxy groups -OCH3 is 1. The standard InChI is InChI=1S/C23H30N2O6S2/c1-4-17-15-18(23(27)31-5-2)22(32-17)24-21(26)16-10-11-19(30-3)20(14-16)33(28,29)25-12-8-6-7-9-13-25/h10-11,14-15H,4-9,12-13H2,1-3H3,(H,24,26). The number of nitrogens with one attached hydrogen (secondary N) is 1. The molecule has 1 fully saturated rings. The van der Waals surface area contributed by atoms with Crippen molar-refractivity contribution in [2.24, 2.45) is 0 Å². The Hall–Kier alpha value is -2.43. The minimum Gasteiger partial charge on any atom is -0.495 e. The molecule has 1 amide bonds. The number of aryl methyl sites for hydroxylation is 1. The third kappa shape index (κ3) is 5.74. The fourth-order valence-electron chi connectivity index (χ4n) is 3.69. The number of hydrogen-bond acceptors (Lipinski definition) is 7. The Kier molecular flexibility index (Phi) is 8.50. The molecular weight excluding hydrogens is 464 g/mol. The molecule has 1 aromatic heterocycles. The lowest BCUT2D eigenvalue weighted by atomic mass is 10.2. The molecule has 3 rings (SSSR count). The Labute approximate surface area is 198 Å². The van der Waals surface area contributed by atoms with Gasteiger partial charge >= 0.3 is 5.97 Å². The fraction of sp³-hybridized carbons (Fsp3) is 0.478. The van der Waals surface area contributed by atoms with Gasteiger partial charge in [0.15, 0.2) is 0 Å². The molecule has 1 saturated heterocycles. The summed E-state index contributed by atoms with van der Waals surface area (Å²) < 4.78 is 38.6. The van der Waals surface area contributed by atoms with Gasteiger partial charge in [0.05, 0.1) is 19.3 Å². The van der Waals surface area contributed by atoms with Gasteiger partial charge in [-0.2, -0.15) is 4.31 Å². The molecule has 0 saturated carbocycles. The summed E-state index contributed by atoms with van der Waals surface area (Å²) in [5.41, 5.74) is 0.448.